The molecule has 3 heterocycles. The molecular formula is C29H29N5O5. The van der Waals surface area contributed by atoms with Crippen LogP contribution in [0.15, 0.2) is 66.7 Å². The Morgan fingerprint density at radius 3 is 2.74 bits per heavy atom. The zero-order chi connectivity index (χ0) is 26.8. The minimum absolute atomic E-state index is 0.0392. The summed E-state index contributed by atoms with van der Waals surface area (Å²) in [5.74, 6) is 0.475. The zero-order valence-corrected chi connectivity index (χ0v) is 21.6. The SMILES string of the molecule is Cc1ccccc1C(C(=O)NCC1CCCO1)N(C(=O)Cn1nnc2ccccc21)c1ccc2c(c1)OCO2. The molecule has 200 valence electrons. The first-order valence-electron chi connectivity index (χ1n) is 13.0. The molecule has 0 radical (unpaired) electrons. The quantitative estimate of drug-likeness (QED) is 0.373. The van der Waals surface area contributed by atoms with Crippen LogP contribution in [0.4, 0.5) is 5.69 Å². The monoisotopic (exact) mass is 527 g/mol. The van der Waals surface area contributed by atoms with Crippen molar-refractivity contribution < 1.29 is 23.8 Å². The van der Waals surface area contributed by atoms with Gasteiger partial charge in [-0.2, -0.15) is 0 Å². The molecule has 10 heteroatoms. The smallest absolute Gasteiger partial charge is 0.249 e. The number of amides is 2. The number of aromatic nitrogens is 3. The molecule has 10 nitrogen and oxygen atoms in total. The lowest BCUT2D eigenvalue weighted by molar-refractivity contribution is -0.127. The van der Waals surface area contributed by atoms with Gasteiger partial charge in [0.1, 0.15) is 18.1 Å². The van der Waals surface area contributed by atoms with Crippen molar-refractivity contribution in [2.45, 2.75) is 38.5 Å². The second-order valence-corrected chi connectivity index (χ2v) is 9.68. The van der Waals surface area contributed by atoms with Gasteiger partial charge < -0.3 is 19.5 Å². The summed E-state index contributed by atoms with van der Waals surface area (Å²) in [6.45, 7) is 2.98. The lowest BCUT2D eigenvalue weighted by Gasteiger charge is -2.32. The highest BCUT2D eigenvalue weighted by Gasteiger charge is 2.35. The number of carbonyl (C=O) groups is 2. The van der Waals surface area contributed by atoms with Gasteiger partial charge in [0.2, 0.25) is 18.6 Å². The van der Waals surface area contributed by atoms with Gasteiger partial charge in [0.25, 0.3) is 0 Å². The number of ether oxygens (including phenoxy) is 3. The Labute approximate surface area is 225 Å². The van der Waals surface area contributed by atoms with Gasteiger partial charge in [0.05, 0.1) is 11.6 Å². The molecule has 39 heavy (non-hydrogen) atoms. The van der Waals surface area contributed by atoms with Crippen molar-refractivity contribution in [2.24, 2.45) is 0 Å². The van der Waals surface area contributed by atoms with Gasteiger partial charge >= 0.3 is 0 Å². The highest BCUT2D eigenvalue weighted by Crippen LogP contribution is 2.38. The number of aryl methyl sites for hydroxylation is 1. The second kappa shape index (κ2) is 10.7. The van der Waals surface area contributed by atoms with Crippen molar-refractivity contribution in [3.05, 3.63) is 77.9 Å². The fraction of sp³-hybridized carbons (Fsp3) is 0.310. The van der Waals surface area contributed by atoms with Gasteiger partial charge in [-0.15, -0.1) is 5.10 Å². The third kappa shape index (κ3) is 5.03. The van der Waals surface area contributed by atoms with Crippen LogP contribution in [0, 0.1) is 6.92 Å². The molecule has 1 saturated heterocycles. The number of para-hydroxylation sites is 1. The number of carbonyl (C=O) groups excluding carboxylic acids is 2. The van der Waals surface area contributed by atoms with E-state index in [2.05, 4.69) is 15.6 Å². The van der Waals surface area contributed by atoms with Crippen molar-refractivity contribution in [3.8, 4) is 11.5 Å². The van der Waals surface area contributed by atoms with E-state index < -0.39 is 6.04 Å². The molecule has 2 atom stereocenters. The third-order valence-corrected chi connectivity index (χ3v) is 7.13. The Morgan fingerprint density at radius 1 is 1.08 bits per heavy atom. The fourth-order valence-corrected chi connectivity index (χ4v) is 5.12. The molecule has 2 amide bonds. The number of hydrogen-bond donors (Lipinski definition) is 1. The van der Waals surface area contributed by atoms with E-state index in [0.717, 1.165) is 29.5 Å². The topological polar surface area (TPSA) is 108 Å². The zero-order valence-electron chi connectivity index (χ0n) is 21.6. The van der Waals surface area contributed by atoms with Crippen molar-refractivity contribution in [2.75, 3.05) is 24.8 Å². The molecule has 0 bridgehead atoms. The summed E-state index contributed by atoms with van der Waals surface area (Å²) in [6.07, 6.45) is 1.82. The summed E-state index contributed by atoms with van der Waals surface area (Å²) in [5, 5.41) is 11.4. The van der Waals surface area contributed by atoms with Crippen LogP contribution in [0.25, 0.3) is 11.0 Å². The number of nitrogens with one attached hydrogen (secondary N) is 1. The Kier molecular flexibility index (Phi) is 6.85. The number of nitrogens with zero attached hydrogens (tertiary/aromatic N) is 4. The third-order valence-electron chi connectivity index (χ3n) is 7.13. The molecular weight excluding hydrogens is 498 g/mol. The summed E-state index contributed by atoms with van der Waals surface area (Å²) in [4.78, 5) is 29.7. The maximum atomic E-state index is 14.2. The predicted molar refractivity (Wildman–Crippen MR) is 143 cm³/mol. The van der Waals surface area contributed by atoms with Gasteiger partial charge in [0.15, 0.2) is 11.5 Å². The van der Waals surface area contributed by atoms with Crippen molar-refractivity contribution >= 4 is 28.5 Å². The van der Waals surface area contributed by atoms with E-state index in [9.17, 15) is 9.59 Å². The van der Waals surface area contributed by atoms with Gasteiger partial charge in [0, 0.05) is 24.9 Å². The van der Waals surface area contributed by atoms with Gasteiger partial charge in [-0.1, -0.05) is 41.6 Å². The van der Waals surface area contributed by atoms with E-state index in [1.807, 2.05) is 55.5 Å². The van der Waals surface area contributed by atoms with E-state index in [4.69, 9.17) is 14.2 Å². The van der Waals surface area contributed by atoms with Crippen molar-refractivity contribution in [1.29, 1.82) is 0 Å². The van der Waals surface area contributed by atoms with Gasteiger partial charge in [-0.3, -0.25) is 14.5 Å². The summed E-state index contributed by atoms with van der Waals surface area (Å²) in [7, 11) is 0. The molecule has 0 aliphatic carbocycles. The summed E-state index contributed by atoms with van der Waals surface area (Å²) in [6, 6.07) is 19.3. The largest absolute Gasteiger partial charge is 0.454 e. The molecule has 0 spiro atoms. The Morgan fingerprint density at radius 2 is 1.90 bits per heavy atom. The molecule has 2 unspecified atom stereocenters. The lowest BCUT2D eigenvalue weighted by atomic mass is 9.98. The maximum absolute atomic E-state index is 14.2. The van der Waals surface area contributed by atoms with E-state index in [1.54, 1.807) is 22.9 Å². The highest BCUT2D eigenvalue weighted by molar-refractivity contribution is 6.02. The number of hydrogen-bond acceptors (Lipinski definition) is 7. The van der Waals surface area contributed by atoms with Crippen molar-refractivity contribution in [1.82, 2.24) is 20.3 Å². The second-order valence-electron chi connectivity index (χ2n) is 9.68. The van der Waals surface area contributed by atoms with Crippen LogP contribution in [-0.2, 0) is 20.9 Å². The first-order valence-corrected chi connectivity index (χ1v) is 13.0. The molecule has 0 saturated carbocycles. The number of fused-ring (bicyclic) bond motifs is 2. The van der Waals surface area contributed by atoms with Crippen LogP contribution in [0.3, 0.4) is 0 Å². The normalized spacial score (nSPS) is 16.8. The highest BCUT2D eigenvalue weighted by atomic mass is 16.7. The van der Waals surface area contributed by atoms with Crippen LogP contribution < -0.4 is 19.7 Å². The Bertz CT molecular complexity index is 1510. The van der Waals surface area contributed by atoms with Crippen LogP contribution in [-0.4, -0.2) is 52.9 Å². The number of anilines is 1. The molecule has 1 aromatic heterocycles. The molecule has 2 aliphatic heterocycles. The molecule has 6 rings (SSSR count). The van der Waals surface area contributed by atoms with E-state index >= 15 is 0 Å². The van der Waals surface area contributed by atoms with Crippen LogP contribution in [0.5, 0.6) is 11.5 Å². The van der Waals surface area contributed by atoms with E-state index in [0.29, 0.717) is 35.9 Å². The average molecular weight is 528 g/mol. The first-order chi connectivity index (χ1) is 19.1. The number of rotatable bonds is 8. The van der Waals surface area contributed by atoms with E-state index in [-0.39, 0.29) is 31.3 Å². The first kappa shape index (κ1) is 24.9. The predicted octanol–water partition coefficient (Wildman–Crippen LogP) is 3.54. The summed E-state index contributed by atoms with van der Waals surface area (Å²) >= 11 is 0. The molecule has 1 fully saturated rings. The molecule has 1 N–H and O–H groups in total. The summed E-state index contributed by atoms with van der Waals surface area (Å²) in [5.41, 5.74) is 3.53. The molecule has 2 aliphatic rings. The standard InChI is InChI=1S/C29H29N5O5/c1-19-7-2-3-9-22(19)28(29(36)30-16-21-8-6-14-37-21)34(20-12-13-25-26(15-20)39-18-38-25)27(35)17-33-24-11-5-4-10-23(24)31-32-33/h2-5,7,9-13,15,21,28H,6,8,14,16-18H2,1H3,(H,30,36). The van der Waals surface area contributed by atoms with Crippen LogP contribution >= 0.6 is 0 Å². The maximum Gasteiger partial charge on any atom is 0.249 e. The average Bonchev–Trinajstić information content (AvgIpc) is 3.72. The Hall–Kier alpha value is -4.44. The lowest BCUT2D eigenvalue weighted by Crippen LogP contribution is -2.47. The summed E-state index contributed by atoms with van der Waals surface area (Å²) < 4.78 is 18.4. The van der Waals surface area contributed by atoms with Crippen LogP contribution in [0.2, 0.25) is 0 Å². The Balaban J connectivity index is 1.41. The minimum atomic E-state index is -0.949. The van der Waals surface area contributed by atoms with Gasteiger partial charge in [-0.25, -0.2) is 4.68 Å². The van der Waals surface area contributed by atoms with E-state index in [1.165, 1.54) is 4.90 Å². The van der Waals surface area contributed by atoms with Crippen molar-refractivity contribution in [3.63, 3.8) is 0 Å². The molecule has 3 aromatic carbocycles. The molecule has 4 aromatic rings. The fourth-order valence-electron chi connectivity index (χ4n) is 5.12. The minimum Gasteiger partial charge on any atom is -0.454 e. The number of benzene rings is 3. The van der Waals surface area contributed by atoms with Gasteiger partial charge in [-0.05, 0) is 55.2 Å². The van der Waals surface area contributed by atoms with Crippen LogP contribution in [0.1, 0.15) is 30.0 Å².